The van der Waals surface area contributed by atoms with E-state index < -0.39 is 0 Å². The average molecular weight is 287 g/mol. The molecule has 0 unspecified atom stereocenters. The summed E-state index contributed by atoms with van der Waals surface area (Å²) in [4.78, 5) is 18.7. The van der Waals surface area contributed by atoms with Crippen molar-refractivity contribution in [3.63, 3.8) is 0 Å². The molecule has 0 bridgehead atoms. The number of carbonyl (C=O) groups is 1. The van der Waals surface area contributed by atoms with Crippen molar-refractivity contribution >= 4 is 5.91 Å². The number of piperidine rings is 1. The molecule has 2 aromatic rings. The van der Waals surface area contributed by atoms with E-state index >= 15 is 0 Å². The molecular weight excluding hydrogens is 266 g/mol. The highest BCUT2D eigenvalue weighted by atomic mass is 16.2. The summed E-state index contributed by atoms with van der Waals surface area (Å²) in [6.45, 7) is 4.06. The van der Waals surface area contributed by atoms with E-state index in [4.69, 9.17) is 0 Å². The van der Waals surface area contributed by atoms with Crippen LogP contribution in [0.1, 0.15) is 37.2 Å². The zero-order valence-corrected chi connectivity index (χ0v) is 12.3. The number of aryl methyl sites for hydroxylation is 1. The molecule has 21 heavy (non-hydrogen) atoms. The predicted octanol–water partition coefficient (Wildman–Crippen LogP) is 1.57. The Morgan fingerprint density at radius 3 is 3.14 bits per heavy atom. The number of nitrogens with one attached hydrogen (secondary N) is 1. The minimum Gasteiger partial charge on any atom is -0.340 e. The summed E-state index contributed by atoms with van der Waals surface area (Å²) in [5, 5.41) is 7.04. The Kier molecular flexibility index (Phi) is 4.03. The van der Waals surface area contributed by atoms with Crippen LogP contribution in [-0.4, -0.2) is 43.6 Å². The van der Waals surface area contributed by atoms with Gasteiger partial charge in [0.2, 0.25) is 5.91 Å². The van der Waals surface area contributed by atoms with Gasteiger partial charge in [0.1, 0.15) is 12.4 Å². The van der Waals surface area contributed by atoms with Crippen molar-refractivity contribution in [3.05, 3.63) is 36.2 Å². The second kappa shape index (κ2) is 6.11. The van der Waals surface area contributed by atoms with Gasteiger partial charge in [0.15, 0.2) is 0 Å². The van der Waals surface area contributed by atoms with E-state index in [1.54, 1.807) is 12.4 Å². The Morgan fingerprint density at radius 1 is 1.48 bits per heavy atom. The van der Waals surface area contributed by atoms with E-state index in [1.807, 2.05) is 21.7 Å². The van der Waals surface area contributed by atoms with Gasteiger partial charge < -0.3 is 9.47 Å². The van der Waals surface area contributed by atoms with E-state index in [0.717, 1.165) is 43.9 Å². The van der Waals surface area contributed by atoms with Crippen molar-refractivity contribution in [2.24, 2.45) is 0 Å². The van der Waals surface area contributed by atoms with Crippen molar-refractivity contribution in [2.75, 3.05) is 13.1 Å². The summed E-state index contributed by atoms with van der Waals surface area (Å²) in [5.41, 5.74) is 1.13. The smallest absolute Gasteiger partial charge is 0.242 e. The first-order valence-electron chi connectivity index (χ1n) is 7.55. The fraction of sp³-hybridized carbons (Fsp3) is 0.533. The molecule has 1 atom stereocenters. The lowest BCUT2D eigenvalue weighted by molar-refractivity contribution is -0.133. The Hall–Kier alpha value is -2.11. The molecule has 0 aromatic carbocycles. The van der Waals surface area contributed by atoms with Crippen molar-refractivity contribution in [1.82, 2.24) is 24.6 Å². The maximum absolute atomic E-state index is 12.5. The van der Waals surface area contributed by atoms with Gasteiger partial charge in [0.25, 0.3) is 0 Å². The van der Waals surface area contributed by atoms with E-state index in [9.17, 15) is 4.79 Å². The first-order chi connectivity index (χ1) is 10.3. The minimum atomic E-state index is 0.173. The molecule has 1 aliphatic rings. The number of nitrogens with zero attached hydrogens (tertiary/aromatic N) is 4. The highest BCUT2D eigenvalue weighted by Gasteiger charge is 2.25. The Bertz CT molecular complexity index is 589. The van der Waals surface area contributed by atoms with Gasteiger partial charge in [-0.15, -0.1) is 0 Å². The lowest BCUT2D eigenvalue weighted by Crippen LogP contribution is -2.41. The monoisotopic (exact) mass is 287 g/mol. The third-order valence-electron chi connectivity index (χ3n) is 4.16. The van der Waals surface area contributed by atoms with Crippen LogP contribution in [0.2, 0.25) is 0 Å². The summed E-state index contributed by atoms with van der Waals surface area (Å²) in [5.74, 6) is 1.51. The number of aromatic nitrogens is 4. The number of likely N-dealkylation sites (tertiary alicyclic amines) is 1. The molecular formula is C15H21N5O. The number of rotatable bonds is 4. The van der Waals surface area contributed by atoms with Crippen molar-refractivity contribution in [2.45, 2.75) is 38.6 Å². The zero-order valence-electron chi connectivity index (χ0n) is 12.3. The van der Waals surface area contributed by atoms with Gasteiger partial charge in [-0.25, -0.2) is 4.98 Å². The van der Waals surface area contributed by atoms with E-state index in [0.29, 0.717) is 12.5 Å². The van der Waals surface area contributed by atoms with Gasteiger partial charge in [0.05, 0.1) is 0 Å². The fourth-order valence-electron chi connectivity index (χ4n) is 3.00. The zero-order chi connectivity index (χ0) is 14.7. The Labute approximate surface area is 124 Å². The number of carbonyl (C=O) groups excluding carboxylic acids is 1. The standard InChI is InChI=1S/C15H21N5O/c1-2-14-16-7-9-19(14)11-15(21)20-8-3-4-12(10-20)13-5-6-17-18-13/h5-7,9,12H,2-4,8,10-11H2,1H3,(H,17,18)/t12-/m0/s1. The van der Waals surface area contributed by atoms with Gasteiger partial charge in [0, 0.05) is 49.7 Å². The molecule has 1 saturated heterocycles. The molecule has 6 nitrogen and oxygen atoms in total. The molecule has 1 amide bonds. The average Bonchev–Trinajstić information content (AvgIpc) is 3.18. The topological polar surface area (TPSA) is 66.8 Å². The first kappa shape index (κ1) is 13.9. The predicted molar refractivity (Wildman–Crippen MR) is 78.7 cm³/mol. The van der Waals surface area contributed by atoms with Crippen LogP contribution < -0.4 is 0 Å². The molecule has 1 N–H and O–H groups in total. The van der Waals surface area contributed by atoms with Crippen molar-refractivity contribution in [1.29, 1.82) is 0 Å². The summed E-state index contributed by atoms with van der Waals surface area (Å²) < 4.78 is 1.95. The van der Waals surface area contributed by atoms with Crippen LogP contribution in [0.3, 0.4) is 0 Å². The first-order valence-corrected chi connectivity index (χ1v) is 7.55. The van der Waals surface area contributed by atoms with Crippen LogP contribution in [0.25, 0.3) is 0 Å². The fourth-order valence-corrected chi connectivity index (χ4v) is 3.00. The Morgan fingerprint density at radius 2 is 2.38 bits per heavy atom. The van der Waals surface area contributed by atoms with Crippen LogP contribution in [0.4, 0.5) is 0 Å². The molecule has 0 radical (unpaired) electrons. The molecule has 112 valence electrons. The maximum Gasteiger partial charge on any atom is 0.242 e. The highest BCUT2D eigenvalue weighted by Crippen LogP contribution is 2.25. The van der Waals surface area contributed by atoms with E-state index in [-0.39, 0.29) is 5.91 Å². The number of H-pyrrole nitrogens is 1. The van der Waals surface area contributed by atoms with Crippen LogP contribution in [-0.2, 0) is 17.8 Å². The number of hydrogen-bond donors (Lipinski definition) is 1. The summed E-state index contributed by atoms with van der Waals surface area (Å²) in [6, 6.07) is 2.00. The Balaban J connectivity index is 1.64. The summed E-state index contributed by atoms with van der Waals surface area (Å²) >= 11 is 0. The lowest BCUT2D eigenvalue weighted by atomic mass is 9.95. The van der Waals surface area contributed by atoms with Gasteiger partial charge >= 0.3 is 0 Å². The van der Waals surface area contributed by atoms with Crippen LogP contribution >= 0.6 is 0 Å². The molecule has 0 saturated carbocycles. The molecule has 0 spiro atoms. The minimum absolute atomic E-state index is 0.173. The number of aromatic amines is 1. The molecule has 1 aliphatic heterocycles. The third-order valence-corrected chi connectivity index (χ3v) is 4.16. The molecule has 1 fully saturated rings. The highest BCUT2D eigenvalue weighted by molar-refractivity contribution is 5.76. The largest absolute Gasteiger partial charge is 0.340 e. The van der Waals surface area contributed by atoms with Crippen LogP contribution in [0.15, 0.2) is 24.7 Å². The second-order valence-corrected chi connectivity index (χ2v) is 5.52. The van der Waals surface area contributed by atoms with Crippen LogP contribution in [0, 0.1) is 0 Å². The number of imidazole rings is 1. The lowest BCUT2D eigenvalue weighted by Gasteiger charge is -2.32. The van der Waals surface area contributed by atoms with Crippen LogP contribution in [0.5, 0.6) is 0 Å². The van der Waals surface area contributed by atoms with Gasteiger partial charge in [-0.05, 0) is 18.9 Å². The second-order valence-electron chi connectivity index (χ2n) is 5.52. The molecule has 0 aliphatic carbocycles. The van der Waals surface area contributed by atoms with E-state index in [2.05, 4.69) is 22.1 Å². The third kappa shape index (κ3) is 2.99. The van der Waals surface area contributed by atoms with Gasteiger partial charge in [-0.3, -0.25) is 9.89 Å². The maximum atomic E-state index is 12.5. The SMILES string of the molecule is CCc1nccn1CC(=O)N1CCC[C@H](c2ccn[nH]2)C1. The number of hydrogen-bond acceptors (Lipinski definition) is 3. The van der Waals surface area contributed by atoms with E-state index in [1.165, 1.54) is 0 Å². The summed E-state index contributed by atoms with van der Waals surface area (Å²) in [7, 11) is 0. The molecule has 3 heterocycles. The van der Waals surface area contributed by atoms with Gasteiger partial charge in [-0.1, -0.05) is 6.92 Å². The van der Waals surface area contributed by atoms with Crippen molar-refractivity contribution < 1.29 is 4.79 Å². The molecule has 2 aromatic heterocycles. The molecule has 6 heteroatoms. The molecule has 3 rings (SSSR count). The number of amides is 1. The quantitative estimate of drug-likeness (QED) is 0.928. The summed E-state index contributed by atoms with van der Waals surface area (Å²) in [6.07, 6.45) is 8.41. The normalized spacial score (nSPS) is 18.9. The van der Waals surface area contributed by atoms with Crippen molar-refractivity contribution in [3.8, 4) is 0 Å². The van der Waals surface area contributed by atoms with Gasteiger partial charge in [-0.2, -0.15) is 5.10 Å².